The number of carbonyl (C=O) groups excluding carboxylic acids is 1. The van der Waals surface area contributed by atoms with Gasteiger partial charge in [-0.2, -0.15) is 0 Å². The largest absolute Gasteiger partial charge is 0.444 e. The molecule has 0 fully saturated rings. The van der Waals surface area contributed by atoms with Gasteiger partial charge in [-0.3, -0.25) is 0 Å². The number of nitrogens with one attached hydrogen (secondary N) is 2. The minimum absolute atomic E-state index is 0.384. The van der Waals surface area contributed by atoms with Crippen molar-refractivity contribution in [1.82, 2.24) is 10.6 Å². The van der Waals surface area contributed by atoms with E-state index in [1.165, 1.54) is 11.3 Å². The van der Waals surface area contributed by atoms with Crippen molar-refractivity contribution in [1.29, 1.82) is 0 Å². The number of amides is 1. The molecule has 4 heteroatoms. The predicted octanol–water partition coefficient (Wildman–Crippen LogP) is 4.70. The molecule has 0 radical (unpaired) electrons. The Morgan fingerprint density at radius 2 is 1.87 bits per heavy atom. The van der Waals surface area contributed by atoms with Gasteiger partial charge < -0.3 is 15.4 Å². The summed E-state index contributed by atoms with van der Waals surface area (Å²) < 4.78 is 5.19. The van der Waals surface area contributed by atoms with Crippen molar-refractivity contribution in [2.45, 2.75) is 66.4 Å². The van der Waals surface area contributed by atoms with Crippen molar-refractivity contribution in [2.75, 3.05) is 13.1 Å². The Kier molecular flexibility index (Phi) is 10.1. The van der Waals surface area contributed by atoms with Crippen molar-refractivity contribution < 1.29 is 9.53 Å². The first-order valence-corrected chi connectivity index (χ1v) is 8.42. The third-order valence-electron chi connectivity index (χ3n) is 2.99. The smallest absolute Gasteiger partial charge is 0.407 e. The number of ether oxygens (including phenoxy) is 1. The number of rotatable bonds is 9. The maximum Gasteiger partial charge on any atom is 0.407 e. The lowest BCUT2D eigenvalue weighted by Crippen LogP contribution is -2.33. The van der Waals surface area contributed by atoms with Crippen LogP contribution in [0.3, 0.4) is 0 Å². The van der Waals surface area contributed by atoms with Crippen LogP contribution < -0.4 is 10.6 Å². The second-order valence-corrected chi connectivity index (χ2v) is 6.67. The van der Waals surface area contributed by atoms with E-state index >= 15 is 0 Å². The first-order valence-electron chi connectivity index (χ1n) is 8.42. The van der Waals surface area contributed by atoms with Crippen LogP contribution in [-0.4, -0.2) is 24.8 Å². The average molecular weight is 322 g/mol. The lowest BCUT2D eigenvalue weighted by molar-refractivity contribution is 0.0528. The minimum Gasteiger partial charge on any atom is -0.444 e. The number of hydrogen-bond acceptors (Lipinski definition) is 3. The summed E-state index contributed by atoms with van der Waals surface area (Å²) in [5.41, 5.74) is 3.03. The zero-order valence-electron chi connectivity index (χ0n) is 15.7. The van der Waals surface area contributed by atoms with Crippen LogP contribution in [0, 0.1) is 0 Å². The fourth-order valence-electron chi connectivity index (χ4n) is 1.95. The van der Waals surface area contributed by atoms with E-state index in [0.29, 0.717) is 13.0 Å². The second kappa shape index (κ2) is 10.9. The fourth-order valence-corrected chi connectivity index (χ4v) is 1.95. The molecular weight excluding hydrogens is 288 g/mol. The topological polar surface area (TPSA) is 50.4 Å². The molecule has 0 aromatic rings. The van der Waals surface area contributed by atoms with Gasteiger partial charge in [0.25, 0.3) is 0 Å². The number of alkyl carbamates (subject to hydrolysis) is 1. The number of allylic oxidation sites excluding steroid dienone is 3. The van der Waals surface area contributed by atoms with Crippen molar-refractivity contribution in [3.8, 4) is 0 Å². The van der Waals surface area contributed by atoms with Crippen LogP contribution in [0.4, 0.5) is 4.79 Å². The summed E-state index contributed by atoms with van der Waals surface area (Å²) in [6, 6.07) is 0. The summed E-state index contributed by atoms with van der Waals surface area (Å²) in [6.45, 7) is 17.3. The summed E-state index contributed by atoms with van der Waals surface area (Å²) in [5, 5.41) is 6.18. The standard InChI is InChI=1S/C19H34N2O2/c1-8-10-17(9-2)21-14-16(4)13-15(3)11-12-20-18(22)23-19(5,6)7/h10,13,21H,3,8-9,11-12,14H2,1-2,4-7H3,(H,20,22)/b16-13?,17-10+. The molecule has 132 valence electrons. The third kappa shape index (κ3) is 12.5. The number of carbonyl (C=O) groups is 1. The molecule has 1 amide bonds. The molecule has 0 heterocycles. The van der Waals surface area contributed by atoms with Crippen molar-refractivity contribution in [3.63, 3.8) is 0 Å². The molecule has 0 aromatic heterocycles. The molecule has 0 atom stereocenters. The fraction of sp³-hybridized carbons (Fsp3) is 0.632. The summed E-state index contributed by atoms with van der Waals surface area (Å²) in [7, 11) is 0. The predicted molar refractivity (Wildman–Crippen MR) is 98.4 cm³/mol. The van der Waals surface area contributed by atoms with Gasteiger partial charge in [-0.1, -0.05) is 43.7 Å². The first-order chi connectivity index (χ1) is 10.7. The zero-order chi connectivity index (χ0) is 17.9. The molecule has 4 nitrogen and oxygen atoms in total. The van der Waals surface area contributed by atoms with E-state index in [1.807, 2.05) is 20.8 Å². The minimum atomic E-state index is -0.466. The summed E-state index contributed by atoms with van der Waals surface area (Å²) >= 11 is 0. The quantitative estimate of drug-likeness (QED) is 0.605. The van der Waals surface area contributed by atoms with Crippen LogP contribution in [0.5, 0.6) is 0 Å². The molecule has 0 spiro atoms. The van der Waals surface area contributed by atoms with Gasteiger partial charge in [-0.25, -0.2) is 4.79 Å². The highest BCUT2D eigenvalue weighted by Crippen LogP contribution is 2.08. The first kappa shape index (κ1) is 21.3. The Hall–Kier alpha value is -1.71. The highest BCUT2D eigenvalue weighted by molar-refractivity contribution is 5.67. The van der Waals surface area contributed by atoms with Crippen LogP contribution >= 0.6 is 0 Å². The number of hydrogen-bond donors (Lipinski definition) is 2. The van der Waals surface area contributed by atoms with Crippen LogP contribution in [0.15, 0.2) is 35.6 Å². The normalized spacial score (nSPS) is 12.8. The third-order valence-corrected chi connectivity index (χ3v) is 2.99. The van der Waals surface area contributed by atoms with E-state index in [4.69, 9.17) is 4.74 Å². The van der Waals surface area contributed by atoms with Crippen molar-refractivity contribution >= 4 is 6.09 Å². The molecule has 0 bridgehead atoms. The highest BCUT2D eigenvalue weighted by atomic mass is 16.6. The molecule has 0 rings (SSSR count). The maximum absolute atomic E-state index is 11.5. The van der Waals surface area contributed by atoms with E-state index in [-0.39, 0.29) is 6.09 Å². The Balaban J connectivity index is 4.12. The van der Waals surface area contributed by atoms with Gasteiger partial charge in [0.15, 0.2) is 0 Å². The van der Waals surface area contributed by atoms with Gasteiger partial charge in [-0.15, -0.1) is 0 Å². The highest BCUT2D eigenvalue weighted by Gasteiger charge is 2.15. The van der Waals surface area contributed by atoms with Gasteiger partial charge in [0.2, 0.25) is 0 Å². The SMILES string of the molecule is C=C(C=C(C)CN/C(=C/CC)CC)CCNC(=O)OC(C)(C)C. The molecule has 0 aliphatic carbocycles. The summed E-state index contributed by atoms with van der Waals surface area (Å²) in [5.74, 6) is 0. The second-order valence-electron chi connectivity index (χ2n) is 6.67. The Morgan fingerprint density at radius 1 is 1.22 bits per heavy atom. The molecule has 0 aliphatic rings. The summed E-state index contributed by atoms with van der Waals surface area (Å²) in [6.07, 6.45) is 6.67. The van der Waals surface area contributed by atoms with E-state index in [0.717, 1.165) is 25.0 Å². The molecule has 23 heavy (non-hydrogen) atoms. The van der Waals surface area contributed by atoms with Gasteiger partial charge in [0, 0.05) is 18.8 Å². The van der Waals surface area contributed by atoms with Crippen LogP contribution in [-0.2, 0) is 4.74 Å². The molecule has 2 N–H and O–H groups in total. The van der Waals surface area contributed by atoms with Crippen LogP contribution in [0.1, 0.15) is 60.8 Å². The molecule has 0 aromatic carbocycles. The van der Waals surface area contributed by atoms with E-state index in [9.17, 15) is 4.79 Å². The molecule has 0 saturated carbocycles. The van der Waals surface area contributed by atoms with Gasteiger partial charge in [0.1, 0.15) is 5.60 Å². The molecule has 0 saturated heterocycles. The molecular formula is C19H34N2O2. The maximum atomic E-state index is 11.5. The van der Waals surface area contributed by atoms with E-state index < -0.39 is 5.60 Å². The zero-order valence-corrected chi connectivity index (χ0v) is 15.7. The van der Waals surface area contributed by atoms with Crippen LogP contribution in [0.2, 0.25) is 0 Å². The van der Waals surface area contributed by atoms with Crippen LogP contribution in [0.25, 0.3) is 0 Å². The van der Waals surface area contributed by atoms with Gasteiger partial charge in [0.05, 0.1) is 0 Å². The lowest BCUT2D eigenvalue weighted by atomic mass is 10.1. The Morgan fingerprint density at radius 3 is 2.39 bits per heavy atom. The molecule has 0 unspecified atom stereocenters. The van der Waals surface area contributed by atoms with E-state index in [2.05, 4.69) is 50.1 Å². The summed E-state index contributed by atoms with van der Waals surface area (Å²) in [4.78, 5) is 11.5. The Bertz CT molecular complexity index is 443. The Labute approximate surface area is 142 Å². The van der Waals surface area contributed by atoms with Gasteiger partial charge >= 0.3 is 6.09 Å². The monoisotopic (exact) mass is 322 g/mol. The van der Waals surface area contributed by atoms with E-state index in [1.54, 1.807) is 0 Å². The van der Waals surface area contributed by atoms with Crippen molar-refractivity contribution in [2.24, 2.45) is 0 Å². The average Bonchev–Trinajstić information content (AvgIpc) is 2.41. The molecule has 0 aliphatic heterocycles. The van der Waals surface area contributed by atoms with Gasteiger partial charge in [-0.05, 0) is 47.0 Å². The van der Waals surface area contributed by atoms with Crippen molar-refractivity contribution in [3.05, 3.63) is 35.6 Å². The lowest BCUT2D eigenvalue weighted by Gasteiger charge is -2.19.